The van der Waals surface area contributed by atoms with Crippen LogP contribution in [0.3, 0.4) is 0 Å². The maximum atomic E-state index is 11.9. The van der Waals surface area contributed by atoms with Crippen molar-refractivity contribution in [2.75, 3.05) is 0 Å². The Kier molecular flexibility index (Phi) is 4.95. The number of hydrogen-bond donors (Lipinski definition) is 0. The van der Waals surface area contributed by atoms with E-state index in [1.54, 1.807) is 30.7 Å². The molecular weight excluding hydrogens is 334 g/mol. The number of thiazole rings is 1. The molecule has 3 rings (SSSR count). The third-order valence-corrected chi connectivity index (χ3v) is 4.14. The van der Waals surface area contributed by atoms with Crippen molar-refractivity contribution < 1.29 is 9.53 Å². The third-order valence-electron chi connectivity index (χ3n) is 2.97. The van der Waals surface area contributed by atoms with Crippen LogP contribution < -0.4 is 0 Å². The quantitative estimate of drug-likeness (QED) is 0.522. The molecule has 0 unspecified atom stereocenters. The summed E-state index contributed by atoms with van der Waals surface area (Å²) < 4.78 is 5.22. The molecule has 0 saturated heterocycles. The average molecular weight is 346 g/mol. The van der Waals surface area contributed by atoms with Crippen LogP contribution in [0.2, 0.25) is 5.15 Å². The van der Waals surface area contributed by atoms with Gasteiger partial charge >= 0.3 is 5.97 Å². The van der Waals surface area contributed by atoms with Crippen molar-refractivity contribution in [2.24, 2.45) is 0 Å². The SMILES string of the molecule is O=C(Cc1csc(-c2cccnc2)n1)OCc1ccc(Cl)nc1. The molecule has 0 atom stereocenters. The highest BCUT2D eigenvalue weighted by Crippen LogP contribution is 2.22. The minimum Gasteiger partial charge on any atom is -0.460 e. The summed E-state index contributed by atoms with van der Waals surface area (Å²) in [6.07, 6.45) is 5.17. The number of nitrogens with zero attached hydrogens (tertiary/aromatic N) is 3. The number of rotatable bonds is 5. The molecule has 0 fully saturated rings. The Hall–Kier alpha value is -2.31. The molecule has 0 saturated carbocycles. The predicted molar refractivity (Wildman–Crippen MR) is 88.1 cm³/mol. The van der Waals surface area contributed by atoms with Gasteiger partial charge in [-0.2, -0.15) is 0 Å². The summed E-state index contributed by atoms with van der Waals surface area (Å²) in [7, 11) is 0. The van der Waals surface area contributed by atoms with Crippen LogP contribution in [0.15, 0.2) is 48.2 Å². The van der Waals surface area contributed by atoms with Gasteiger partial charge in [0.15, 0.2) is 0 Å². The van der Waals surface area contributed by atoms with Gasteiger partial charge in [0.2, 0.25) is 0 Å². The van der Waals surface area contributed by atoms with Crippen LogP contribution in [0.25, 0.3) is 10.6 Å². The van der Waals surface area contributed by atoms with Crippen molar-refractivity contribution in [3.05, 3.63) is 64.6 Å². The zero-order chi connectivity index (χ0) is 16.1. The first-order valence-corrected chi connectivity index (χ1v) is 8.07. The first kappa shape index (κ1) is 15.6. The molecule has 3 aromatic heterocycles. The standard InChI is InChI=1S/C16H12ClN3O2S/c17-14-4-3-11(7-19-14)9-22-15(21)6-13-10-23-16(20-13)12-2-1-5-18-8-12/h1-5,7-8,10H,6,9H2. The van der Waals surface area contributed by atoms with Gasteiger partial charge in [0.05, 0.1) is 12.1 Å². The number of ether oxygens (including phenoxy) is 1. The van der Waals surface area contributed by atoms with Crippen molar-refractivity contribution in [3.8, 4) is 10.6 Å². The van der Waals surface area contributed by atoms with Crippen LogP contribution in [-0.4, -0.2) is 20.9 Å². The van der Waals surface area contributed by atoms with E-state index in [2.05, 4.69) is 15.0 Å². The molecule has 0 bridgehead atoms. The molecule has 0 aliphatic carbocycles. The Morgan fingerprint density at radius 3 is 2.91 bits per heavy atom. The molecule has 5 nitrogen and oxygen atoms in total. The van der Waals surface area contributed by atoms with Crippen LogP contribution in [-0.2, 0) is 22.6 Å². The highest BCUT2D eigenvalue weighted by atomic mass is 35.5. The molecule has 0 radical (unpaired) electrons. The van der Waals surface area contributed by atoms with Crippen molar-refractivity contribution in [1.82, 2.24) is 15.0 Å². The zero-order valence-corrected chi connectivity index (χ0v) is 13.5. The number of carbonyl (C=O) groups excluding carboxylic acids is 1. The van der Waals surface area contributed by atoms with Gasteiger partial charge in [0.25, 0.3) is 0 Å². The van der Waals surface area contributed by atoms with Crippen LogP contribution >= 0.6 is 22.9 Å². The maximum Gasteiger partial charge on any atom is 0.312 e. The van der Waals surface area contributed by atoms with E-state index in [1.165, 1.54) is 11.3 Å². The van der Waals surface area contributed by atoms with Gasteiger partial charge in [-0.1, -0.05) is 17.7 Å². The van der Waals surface area contributed by atoms with Crippen LogP contribution in [0.1, 0.15) is 11.3 Å². The van der Waals surface area contributed by atoms with Gasteiger partial charge in [-0.15, -0.1) is 11.3 Å². The zero-order valence-electron chi connectivity index (χ0n) is 12.0. The Morgan fingerprint density at radius 1 is 1.26 bits per heavy atom. The van der Waals surface area contributed by atoms with Crippen molar-refractivity contribution in [1.29, 1.82) is 0 Å². The van der Waals surface area contributed by atoms with Gasteiger partial charge in [-0.3, -0.25) is 9.78 Å². The topological polar surface area (TPSA) is 65.0 Å². The largest absolute Gasteiger partial charge is 0.460 e. The smallest absolute Gasteiger partial charge is 0.312 e. The molecule has 0 spiro atoms. The number of hydrogen-bond acceptors (Lipinski definition) is 6. The molecule has 116 valence electrons. The first-order chi connectivity index (χ1) is 11.2. The fraction of sp³-hybridized carbons (Fsp3) is 0.125. The molecule has 7 heteroatoms. The number of carbonyl (C=O) groups is 1. The second-order valence-electron chi connectivity index (χ2n) is 4.71. The van der Waals surface area contributed by atoms with Gasteiger partial charge in [0, 0.05) is 35.1 Å². The summed E-state index contributed by atoms with van der Waals surface area (Å²) >= 11 is 7.18. The van der Waals surface area contributed by atoms with Gasteiger partial charge in [-0.25, -0.2) is 9.97 Å². The molecule has 3 aromatic rings. The molecule has 0 N–H and O–H groups in total. The lowest BCUT2D eigenvalue weighted by atomic mass is 10.3. The Labute approximate surface area is 142 Å². The Morgan fingerprint density at radius 2 is 2.17 bits per heavy atom. The van der Waals surface area contributed by atoms with Gasteiger partial charge in [0.1, 0.15) is 16.8 Å². The highest BCUT2D eigenvalue weighted by Gasteiger charge is 2.10. The Bertz CT molecular complexity index is 791. The van der Waals surface area contributed by atoms with Crippen molar-refractivity contribution >= 4 is 28.9 Å². The van der Waals surface area contributed by atoms with E-state index < -0.39 is 0 Å². The van der Waals surface area contributed by atoms with Crippen LogP contribution in [0.5, 0.6) is 0 Å². The van der Waals surface area contributed by atoms with Crippen LogP contribution in [0.4, 0.5) is 0 Å². The van der Waals surface area contributed by atoms with Gasteiger partial charge < -0.3 is 4.74 Å². The highest BCUT2D eigenvalue weighted by molar-refractivity contribution is 7.13. The fourth-order valence-corrected chi connectivity index (χ4v) is 2.79. The summed E-state index contributed by atoms with van der Waals surface area (Å²) in [6.45, 7) is 0.169. The van der Waals surface area contributed by atoms with Gasteiger partial charge in [-0.05, 0) is 18.2 Å². The van der Waals surface area contributed by atoms with E-state index in [4.69, 9.17) is 16.3 Å². The Balaban J connectivity index is 1.56. The maximum absolute atomic E-state index is 11.9. The second kappa shape index (κ2) is 7.30. The first-order valence-electron chi connectivity index (χ1n) is 6.81. The van der Waals surface area contributed by atoms with Crippen LogP contribution in [0, 0.1) is 0 Å². The molecule has 23 heavy (non-hydrogen) atoms. The number of halogens is 1. The monoisotopic (exact) mass is 345 g/mol. The lowest BCUT2D eigenvalue weighted by Crippen LogP contribution is -2.08. The summed E-state index contributed by atoms with van der Waals surface area (Å²) in [5.41, 5.74) is 2.41. The lowest BCUT2D eigenvalue weighted by molar-refractivity contribution is -0.144. The molecule has 0 aliphatic rings. The summed E-state index contributed by atoms with van der Waals surface area (Å²) in [5.74, 6) is -0.331. The fourth-order valence-electron chi connectivity index (χ4n) is 1.86. The number of esters is 1. The normalized spacial score (nSPS) is 10.5. The summed E-state index contributed by atoms with van der Waals surface area (Å²) in [6, 6.07) is 7.21. The number of pyridine rings is 2. The molecule has 3 heterocycles. The van der Waals surface area contributed by atoms with Crippen molar-refractivity contribution in [3.63, 3.8) is 0 Å². The molecule has 0 aliphatic heterocycles. The molecule has 0 aromatic carbocycles. The average Bonchev–Trinajstić information content (AvgIpc) is 3.04. The lowest BCUT2D eigenvalue weighted by Gasteiger charge is -2.03. The third kappa shape index (κ3) is 4.34. The van der Waals surface area contributed by atoms with Crippen molar-refractivity contribution in [2.45, 2.75) is 13.0 Å². The van der Waals surface area contributed by atoms with E-state index in [-0.39, 0.29) is 19.0 Å². The summed E-state index contributed by atoms with van der Waals surface area (Å²) in [4.78, 5) is 24.3. The van der Waals surface area contributed by atoms with E-state index in [0.29, 0.717) is 10.8 Å². The second-order valence-corrected chi connectivity index (χ2v) is 5.96. The minimum atomic E-state index is -0.331. The summed E-state index contributed by atoms with van der Waals surface area (Å²) in [5, 5.41) is 3.10. The molecular formula is C16H12ClN3O2S. The minimum absolute atomic E-state index is 0.137. The number of aromatic nitrogens is 3. The van der Waals surface area contributed by atoms with E-state index in [9.17, 15) is 4.79 Å². The predicted octanol–water partition coefficient (Wildman–Crippen LogP) is 3.54. The van der Waals surface area contributed by atoms with E-state index in [0.717, 1.165) is 16.1 Å². The molecule has 0 amide bonds. The van der Waals surface area contributed by atoms with E-state index in [1.807, 2.05) is 17.5 Å². The van der Waals surface area contributed by atoms with E-state index >= 15 is 0 Å².